The Labute approximate surface area is 149 Å². The van der Waals surface area contributed by atoms with E-state index >= 15 is 0 Å². The van der Waals surface area contributed by atoms with Crippen LogP contribution in [0.3, 0.4) is 0 Å². The highest BCUT2D eigenvalue weighted by molar-refractivity contribution is 7.89. The Hall–Kier alpha value is -2.27. The van der Waals surface area contributed by atoms with Crippen molar-refractivity contribution in [1.29, 1.82) is 0 Å². The van der Waals surface area contributed by atoms with Crippen molar-refractivity contribution in [2.75, 3.05) is 0 Å². The maximum atomic E-state index is 13.1. The van der Waals surface area contributed by atoms with E-state index in [-0.39, 0.29) is 10.8 Å². The third kappa shape index (κ3) is 3.16. The van der Waals surface area contributed by atoms with Crippen molar-refractivity contribution < 1.29 is 13.5 Å². The van der Waals surface area contributed by atoms with Gasteiger partial charge in [0.25, 0.3) is 10.0 Å². The number of nitrogens with zero attached hydrogens (tertiary/aromatic N) is 1. The van der Waals surface area contributed by atoms with Crippen LogP contribution >= 0.6 is 0 Å². The summed E-state index contributed by atoms with van der Waals surface area (Å²) in [7, 11) is -3.80. The standard InChI is InChI=1S/C20H23NO3S/c1-3-4-10-18-19(16-8-6-5-7-9-16)21(20(18)22)25(23,24)17-13-11-15(2)12-14-17/h5-9,11-14,19,22H,3-4,10H2,1-2H3. The van der Waals surface area contributed by atoms with Gasteiger partial charge >= 0.3 is 0 Å². The van der Waals surface area contributed by atoms with Crippen molar-refractivity contribution >= 4 is 10.0 Å². The summed E-state index contributed by atoms with van der Waals surface area (Å²) in [5.74, 6) is -0.122. The van der Waals surface area contributed by atoms with Gasteiger partial charge in [0.1, 0.15) is 0 Å². The third-order valence-electron chi connectivity index (χ3n) is 4.55. The average Bonchev–Trinajstić information content (AvgIpc) is 2.60. The largest absolute Gasteiger partial charge is 0.494 e. The van der Waals surface area contributed by atoms with Crippen LogP contribution < -0.4 is 0 Å². The zero-order chi connectivity index (χ0) is 18.0. The van der Waals surface area contributed by atoms with E-state index in [1.54, 1.807) is 24.3 Å². The second kappa shape index (κ2) is 6.92. The minimum atomic E-state index is -3.80. The molecule has 0 radical (unpaired) electrons. The zero-order valence-electron chi connectivity index (χ0n) is 14.5. The first-order chi connectivity index (χ1) is 12.0. The Bertz CT molecular complexity index is 871. The van der Waals surface area contributed by atoms with Gasteiger partial charge in [-0.25, -0.2) is 12.7 Å². The summed E-state index contributed by atoms with van der Waals surface area (Å²) in [6, 6.07) is 15.8. The lowest BCUT2D eigenvalue weighted by molar-refractivity contribution is 0.187. The molecule has 0 spiro atoms. The highest BCUT2D eigenvalue weighted by Gasteiger charge is 2.46. The summed E-state index contributed by atoms with van der Waals surface area (Å²) in [4.78, 5) is 0.195. The third-order valence-corrected chi connectivity index (χ3v) is 6.32. The summed E-state index contributed by atoms with van der Waals surface area (Å²) >= 11 is 0. The van der Waals surface area contributed by atoms with E-state index in [0.29, 0.717) is 6.42 Å². The van der Waals surface area contributed by atoms with Gasteiger partial charge in [-0.3, -0.25) is 0 Å². The molecule has 0 aliphatic carbocycles. The molecule has 1 heterocycles. The van der Waals surface area contributed by atoms with E-state index in [4.69, 9.17) is 0 Å². The molecule has 25 heavy (non-hydrogen) atoms. The SMILES string of the molecule is CCCCC1=C(O)N(S(=O)(=O)c2ccc(C)cc2)C1c1ccccc1. The summed E-state index contributed by atoms with van der Waals surface area (Å²) < 4.78 is 27.3. The van der Waals surface area contributed by atoms with E-state index in [1.807, 2.05) is 37.3 Å². The first-order valence-electron chi connectivity index (χ1n) is 8.55. The van der Waals surface area contributed by atoms with Gasteiger partial charge in [-0.05, 0) is 37.5 Å². The van der Waals surface area contributed by atoms with E-state index < -0.39 is 16.1 Å². The molecule has 2 aromatic rings. The van der Waals surface area contributed by atoms with Gasteiger partial charge in [0.15, 0.2) is 0 Å². The molecule has 0 fully saturated rings. The van der Waals surface area contributed by atoms with Crippen LogP contribution in [0.2, 0.25) is 0 Å². The number of hydrogen-bond acceptors (Lipinski definition) is 3. The Kier molecular flexibility index (Phi) is 4.86. The van der Waals surface area contributed by atoms with Crippen LogP contribution in [-0.4, -0.2) is 17.8 Å². The molecule has 1 unspecified atom stereocenters. The Morgan fingerprint density at radius 2 is 1.68 bits per heavy atom. The Morgan fingerprint density at radius 3 is 2.28 bits per heavy atom. The van der Waals surface area contributed by atoms with E-state index in [0.717, 1.165) is 33.8 Å². The summed E-state index contributed by atoms with van der Waals surface area (Å²) in [5.41, 5.74) is 2.66. The van der Waals surface area contributed by atoms with Gasteiger partial charge in [0.05, 0.1) is 10.9 Å². The summed E-state index contributed by atoms with van der Waals surface area (Å²) in [6.07, 6.45) is 2.60. The fourth-order valence-electron chi connectivity index (χ4n) is 3.13. The second-order valence-corrected chi connectivity index (χ2v) is 8.19. The summed E-state index contributed by atoms with van der Waals surface area (Å²) in [5, 5.41) is 10.5. The molecule has 0 saturated heterocycles. The van der Waals surface area contributed by atoms with Crippen LogP contribution in [0.5, 0.6) is 0 Å². The number of rotatable bonds is 6. The normalized spacial score (nSPS) is 17.5. The molecular formula is C20H23NO3S. The minimum Gasteiger partial charge on any atom is -0.494 e. The van der Waals surface area contributed by atoms with Crippen LogP contribution in [0.1, 0.15) is 43.4 Å². The van der Waals surface area contributed by atoms with E-state index in [9.17, 15) is 13.5 Å². The molecule has 3 rings (SSSR count). The van der Waals surface area contributed by atoms with Gasteiger partial charge in [-0.1, -0.05) is 61.4 Å². The maximum Gasteiger partial charge on any atom is 0.267 e. The lowest BCUT2D eigenvalue weighted by Gasteiger charge is -2.42. The molecule has 0 saturated carbocycles. The molecule has 1 N–H and O–H groups in total. The van der Waals surface area contributed by atoms with Gasteiger partial charge < -0.3 is 5.11 Å². The molecule has 1 aliphatic rings. The maximum absolute atomic E-state index is 13.1. The molecule has 1 aliphatic heterocycles. The molecule has 0 aromatic heterocycles. The molecule has 5 heteroatoms. The average molecular weight is 357 g/mol. The lowest BCUT2D eigenvalue weighted by Crippen LogP contribution is -2.44. The quantitative estimate of drug-likeness (QED) is 0.815. The molecular weight excluding hydrogens is 334 g/mol. The van der Waals surface area contributed by atoms with Crippen LogP contribution in [0.15, 0.2) is 70.9 Å². The molecule has 0 amide bonds. The molecule has 4 nitrogen and oxygen atoms in total. The van der Waals surface area contributed by atoms with E-state index in [2.05, 4.69) is 6.92 Å². The van der Waals surface area contributed by atoms with Gasteiger partial charge in [-0.2, -0.15) is 0 Å². The van der Waals surface area contributed by atoms with Crippen molar-refractivity contribution in [2.45, 2.75) is 44.0 Å². The molecule has 2 aromatic carbocycles. The van der Waals surface area contributed by atoms with Crippen LogP contribution in [0, 0.1) is 6.92 Å². The number of sulfonamides is 1. The number of unbranched alkanes of at least 4 members (excludes halogenated alkanes) is 1. The highest BCUT2D eigenvalue weighted by Crippen LogP contribution is 2.47. The van der Waals surface area contributed by atoms with E-state index in [1.165, 1.54) is 0 Å². The van der Waals surface area contributed by atoms with Crippen LogP contribution in [0.25, 0.3) is 0 Å². The predicted octanol–water partition coefficient (Wildman–Crippen LogP) is 4.70. The van der Waals surface area contributed by atoms with Crippen molar-refractivity contribution in [3.8, 4) is 0 Å². The first-order valence-corrected chi connectivity index (χ1v) is 9.99. The first kappa shape index (κ1) is 17.5. The fraction of sp³-hybridized carbons (Fsp3) is 0.300. The van der Waals surface area contributed by atoms with Gasteiger partial charge in [-0.15, -0.1) is 0 Å². The molecule has 0 bridgehead atoms. The Balaban J connectivity index is 2.03. The predicted molar refractivity (Wildman–Crippen MR) is 98.6 cm³/mol. The van der Waals surface area contributed by atoms with Crippen molar-refractivity contribution in [3.05, 3.63) is 77.2 Å². The fourth-order valence-corrected chi connectivity index (χ4v) is 4.70. The molecule has 1 atom stereocenters. The van der Waals surface area contributed by atoms with Crippen molar-refractivity contribution in [1.82, 2.24) is 4.31 Å². The number of aliphatic hydroxyl groups excluding tert-OH is 1. The number of aryl methyl sites for hydroxylation is 1. The van der Waals surface area contributed by atoms with Crippen LogP contribution in [0.4, 0.5) is 0 Å². The van der Waals surface area contributed by atoms with Gasteiger partial charge in [0.2, 0.25) is 5.88 Å². The topological polar surface area (TPSA) is 57.6 Å². The zero-order valence-corrected chi connectivity index (χ0v) is 15.3. The molecule has 132 valence electrons. The van der Waals surface area contributed by atoms with Crippen LogP contribution in [-0.2, 0) is 10.0 Å². The number of hydrogen-bond donors (Lipinski definition) is 1. The number of aliphatic hydroxyl groups is 1. The van der Waals surface area contributed by atoms with Crippen molar-refractivity contribution in [3.63, 3.8) is 0 Å². The lowest BCUT2D eigenvalue weighted by atomic mass is 9.90. The number of benzene rings is 2. The second-order valence-electron chi connectivity index (χ2n) is 6.38. The highest BCUT2D eigenvalue weighted by atomic mass is 32.2. The van der Waals surface area contributed by atoms with Gasteiger partial charge in [0, 0.05) is 5.57 Å². The minimum absolute atomic E-state index is 0.122. The summed E-state index contributed by atoms with van der Waals surface area (Å²) in [6.45, 7) is 3.99. The Morgan fingerprint density at radius 1 is 1.04 bits per heavy atom. The smallest absolute Gasteiger partial charge is 0.267 e. The van der Waals surface area contributed by atoms with Crippen molar-refractivity contribution in [2.24, 2.45) is 0 Å². The monoisotopic (exact) mass is 357 g/mol.